The number of carboxylic acids is 1. The van der Waals surface area contributed by atoms with E-state index in [2.05, 4.69) is 5.32 Å². The van der Waals surface area contributed by atoms with Crippen LogP contribution < -0.4 is 5.32 Å². The van der Waals surface area contributed by atoms with Crippen LogP contribution in [0.1, 0.15) is 26.7 Å². The number of rotatable bonds is 10. The van der Waals surface area contributed by atoms with Crippen molar-refractivity contribution in [3.05, 3.63) is 0 Å². The molecule has 0 heterocycles. The third kappa shape index (κ3) is 8.87. The van der Waals surface area contributed by atoms with E-state index in [9.17, 15) is 9.59 Å². The largest absolute Gasteiger partial charge is 0.481 e. The molecule has 0 rings (SSSR count). The Kier molecular flexibility index (Phi) is 9.98. The van der Waals surface area contributed by atoms with E-state index >= 15 is 0 Å². The van der Waals surface area contributed by atoms with E-state index in [4.69, 9.17) is 15.1 Å². The second-order valence-corrected chi connectivity index (χ2v) is 5.24. The Balaban J connectivity index is 4.44. The van der Waals surface area contributed by atoms with Crippen molar-refractivity contribution < 1.29 is 19.4 Å². The fourth-order valence-electron chi connectivity index (χ4n) is 1.86. The summed E-state index contributed by atoms with van der Waals surface area (Å²) in [5, 5.41) is 20.4. The second-order valence-electron chi connectivity index (χ2n) is 5.24. The number of hydrogen-bond acceptors (Lipinski definition) is 4. The van der Waals surface area contributed by atoms with E-state index in [0.29, 0.717) is 26.1 Å². The molecule has 0 radical (unpaired) electrons. The highest BCUT2D eigenvalue weighted by molar-refractivity contribution is 5.76. The van der Waals surface area contributed by atoms with Crippen LogP contribution in [-0.4, -0.2) is 55.4 Å². The van der Waals surface area contributed by atoms with Crippen LogP contribution in [0, 0.1) is 23.2 Å². The number of carboxylic acid groups (broad SMARTS) is 1. The molecule has 0 aromatic rings. The van der Waals surface area contributed by atoms with Crippen molar-refractivity contribution in [2.75, 3.05) is 33.4 Å². The quantitative estimate of drug-likeness (QED) is 0.633. The summed E-state index contributed by atoms with van der Waals surface area (Å²) in [7, 11) is 1.53. The number of amides is 2. The SMILES string of the molecule is COCCN(CCC#N)C(=O)NCC(CC(C)C)C(=O)O. The Morgan fingerprint density at radius 1 is 1.38 bits per heavy atom. The normalized spacial score (nSPS) is 11.8. The Labute approximate surface area is 125 Å². The van der Waals surface area contributed by atoms with Crippen LogP contribution in [0.25, 0.3) is 0 Å². The minimum atomic E-state index is -0.913. The number of nitrogens with zero attached hydrogens (tertiary/aromatic N) is 2. The molecule has 120 valence electrons. The molecule has 0 aliphatic heterocycles. The van der Waals surface area contributed by atoms with Gasteiger partial charge in [0, 0.05) is 26.7 Å². The van der Waals surface area contributed by atoms with Gasteiger partial charge in [-0.2, -0.15) is 5.26 Å². The molecule has 0 aliphatic carbocycles. The lowest BCUT2D eigenvalue weighted by Gasteiger charge is -2.23. The zero-order chi connectivity index (χ0) is 16.3. The van der Waals surface area contributed by atoms with Crippen molar-refractivity contribution >= 4 is 12.0 Å². The molecule has 7 heteroatoms. The monoisotopic (exact) mass is 299 g/mol. The molecule has 0 saturated heterocycles. The van der Waals surface area contributed by atoms with E-state index in [1.54, 1.807) is 0 Å². The van der Waals surface area contributed by atoms with E-state index in [1.165, 1.54) is 12.0 Å². The highest BCUT2D eigenvalue weighted by Crippen LogP contribution is 2.11. The molecule has 0 saturated carbocycles. The third-order valence-corrected chi connectivity index (χ3v) is 2.95. The van der Waals surface area contributed by atoms with E-state index in [1.807, 2.05) is 19.9 Å². The van der Waals surface area contributed by atoms with Crippen LogP contribution in [0.2, 0.25) is 0 Å². The van der Waals surface area contributed by atoms with E-state index in [-0.39, 0.29) is 24.9 Å². The molecule has 0 aliphatic rings. The van der Waals surface area contributed by atoms with Crippen molar-refractivity contribution in [3.8, 4) is 6.07 Å². The van der Waals surface area contributed by atoms with Gasteiger partial charge in [-0.25, -0.2) is 4.79 Å². The van der Waals surface area contributed by atoms with Crippen molar-refractivity contribution in [3.63, 3.8) is 0 Å². The molecule has 1 unspecified atom stereocenters. The first kappa shape index (κ1) is 19.2. The van der Waals surface area contributed by atoms with Gasteiger partial charge in [-0.15, -0.1) is 0 Å². The molecule has 2 N–H and O–H groups in total. The van der Waals surface area contributed by atoms with E-state index < -0.39 is 11.9 Å². The van der Waals surface area contributed by atoms with Gasteiger partial charge in [0.25, 0.3) is 0 Å². The summed E-state index contributed by atoms with van der Waals surface area (Å²) in [4.78, 5) is 24.6. The second kappa shape index (κ2) is 10.9. The van der Waals surface area contributed by atoms with Crippen molar-refractivity contribution in [2.24, 2.45) is 11.8 Å². The van der Waals surface area contributed by atoms with E-state index in [0.717, 1.165) is 0 Å². The van der Waals surface area contributed by atoms with Crippen LogP contribution in [0.5, 0.6) is 0 Å². The Hall–Kier alpha value is -1.81. The summed E-state index contributed by atoms with van der Waals surface area (Å²) in [6.07, 6.45) is 0.733. The fourth-order valence-corrected chi connectivity index (χ4v) is 1.86. The van der Waals surface area contributed by atoms with Gasteiger partial charge < -0.3 is 20.1 Å². The first-order valence-electron chi connectivity index (χ1n) is 7.03. The maximum absolute atomic E-state index is 12.0. The van der Waals surface area contributed by atoms with Gasteiger partial charge >= 0.3 is 12.0 Å². The van der Waals surface area contributed by atoms with Crippen LogP contribution in [0.15, 0.2) is 0 Å². The van der Waals surface area contributed by atoms with Crippen LogP contribution >= 0.6 is 0 Å². The third-order valence-electron chi connectivity index (χ3n) is 2.95. The number of aliphatic carboxylic acids is 1. The number of hydrogen-bond donors (Lipinski definition) is 2. The lowest BCUT2D eigenvalue weighted by atomic mass is 9.97. The zero-order valence-corrected chi connectivity index (χ0v) is 13.0. The standard InChI is InChI=1S/C14H25N3O4/c1-11(2)9-12(13(18)19)10-16-14(20)17(6-4-5-15)7-8-21-3/h11-12H,4,6-10H2,1-3H3,(H,16,20)(H,18,19). The highest BCUT2D eigenvalue weighted by Gasteiger charge is 2.21. The Morgan fingerprint density at radius 2 is 2.05 bits per heavy atom. The molecule has 0 aromatic carbocycles. The average Bonchev–Trinajstić information content (AvgIpc) is 2.42. The Bertz CT molecular complexity index is 366. The van der Waals surface area contributed by atoms with Crippen molar-refractivity contribution in [2.45, 2.75) is 26.7 Å². The summed E-state index contributed by atoms with van der Waals surface area (Å²) in [6, 6.07) is 1.62. The van der Waals surface area contributed by atoms with Crippen LogP contribution in [0.4, 0.5) is 4.79 Å². The number of ether oxygens (including phenoxy) is 1. The lowest BCUT2D eigenvalue weighted by Crippen LogP contribution is -2.44. The maximum Gasteiger partial charge on any atom is 0.317 e. The summed E-state index contributed by atoms with van der Waals surface area (Å²) in [6.45, 7) is 5.00. The smallest absolute Gasteiger partial charge is 0.317 e. The van der Waals surface area contributed by atoms with Gasteiger partial charge in [0.2, 0.25) is 0 Å². The number of carbonyl (C=O) groups excluding carboxylic acids is 1. The summed E-state index contributed by atoms with van der Waals surface area (Å²) in [5.41, 5.74) is 0. The molecule has 0 spiro atoms. The molecule has 2 amide bonds. The van der Waals surface area contributed by atoms with Gasteiger partial charge in [0.15, 0.2) is 0 Å². The van der Waals surface area contributed by atoms with Crippen molar-refractivity contribution in [1.29, 1.82) is 5.26 Å². The van der Waals surface area contributed by atoms with Crippen LogP contribution in [-0.2, 0) is 9.53 Å². The van der Waals surface area contributed by atoms with Crippen LogP contribution in [0.3, 0.4) is 0 Å². The van der Waals surface area contributed by atoms with Gasteiger partial charge in [-0.3, -0.25) is 4.79 Å². The predicted molar refractivity (Wildman–Crippen MR) is 77.7 cm³/mol. The Morgan fingerprint density at radius 3 is 2.52 bits per heavy atom. The number of nitrogens with one attached hydrogen (secondary N) is 1. The molecule has 0 bridgehead atoms. The van der Waals surface area contributed by atoms with Crippen molar-refractivity contribution in [1.82, 2.24) is 10.2 Å². The summed E-state index contributed by atoms with van der Waals surface area (Å²) in [5.74, 6) is -1.27. The topological polar surface area (TPSA) is 103 Å². The van der Waals surface area contributed by atoms with Gasteiger partial charge in [0.05, 0.1) is 25.0 Å². The van der Waals surface area contributed by atoms with Gasteiger partial charge in [0.1, 0.15) is 0 Å². The zero-order valence-electron chi connectivity index (χ0n) is 13.0. The average molecular weight is 299 g/mol. The molecule has 7 nitrogen and oxygen atoms in total. The first-order valence-corrected chi connectivity index (χ1v) is 7.03. The minimum Gasteiger partial charge on any atom is -0.481 e. The molecule has 0 aromatic heterocycles. The maximum atomic E-state index is 12.0. The number of nitriles is 1. The molecular formula is C14H25N3O4. The molecule has 0 fully saturated rings. The predicted octanol–water partition coefficient (Wildman–Crippen LogP) is 1.30. The summed E-state index contributed by atoms with van der Waals surface area (Å²) >= 11 is 0. The van der Waals surface area contributed by atoms with Gasteiger partial charge in [-0.05, 0) is 12.3 Å². The fraction of sp³-hybridized carbons (Fsp3) is 0.786. The summed E-state index contributed by atoms with van der Waals surface area (Å²) < 4.78 is 4.92. The highest BCUT2D eigenvalue weighted by atomic mass is 16.5. The molecule has 21 heavy (non-hydrogen) atoms. The number of urea groups is 1. The molecular weight excluding hydrogens is 274 g/mol. The lowest BCUT2D eigenvalue weighted by molar-refractivity contribution is -0.142. The first-order chi connectivity index (χ1) is 9.92. The minimum absolute atomic E-state index is 0.0857. The van der Waals surface area contributed by atoms with Gasteiger partial charge in [-0.1, -0.05) is 13.8 Å². The molecule has 1 atom stereocenters. The number of carbonyl (C=O) groups is 2. The number of methoxy groups -OCH3 is 1.